The molecule has 0 bridgehead atoms. The predicted octanol–water partition coefficient (Wildman–Crippen LogP) is 6.08. The molecule has 1 aliphatic heterocycles. The lowest BCUT2D eigenvalue weighted by molar-refractivity contribution is -0.132. The fraction of sp³-hybridized carbons (Fsp3) is 0.370. The average molecular weight is 461 g/mol. The number of aliphatic hydroxyl groups is 1. The van der Waals surface area contributed by atoms with Crippen LogP contribution in [0.25, 0.3) is 16.3 Å². The van der Waals surface area contributed by atoms with Crippen molar-refractivity contribution in [2.45, 2.75) is 64.1 Å². The van der Waals surface area contributed by atoms with E-state index in [0.717, 1.165) is 32.7 Å². The highest BCUT2D eigenvalue weighted by Gasteiger charge is 2.46. The molecule has 1 aliphatic carbocycles. The molecule has 3 nitrogen and oxygen atoms in total. The number of rotatable bonds is 3. The van der Waals surface area contributed by atoms with Crippen LogP contribution in [0.4, 0.5) is 0 Å². The van der Waals surface area contributed by atoms with Gasteiger partial charge in [0.05, 0.1) is 13.7 Å². The second-order valence-corrected chi connectivity index (χ2v) is 20.9. The Kier molecular flexibility index (Phi) is 5.61. The van der Waals surface area contributed by atoms with E-state index in [0.29, 0.717) is 25.0 Å². The van der Waals surface area contributed by atoms with Crippen LogP contribution in [0.3, 0.4) is 0 Å². The molecule has 0 radical (unpaired) electrons. The van der Waals surface area contributed by atoms with Gasteiger partial charge < -0.3 is 9.84 Å². The summed E-state index contributed by atoms with van der Waals surface area (Å²) in [6.45, 7) is 13.1. The minimum absolute atomic E-state index is 0.232. The first-order valence-corrected chi connectivity index (χ1v) is 18.3. The lowest BCUT2D eigenvalue weighted by Crippen LogP contribution is -2.35. The first-order valence-electron chi connectivity index (χ1n) is 11.3. The van der Waals surface area contributed by atoms with Crippen molar-refractivity contribution in [1.82, 2.24) is 0 Å². The fourth-order valence-electron chi connectivity index (χ4n) is 4.62. The summed E-state index contributed by atoms with van der Waals surface area (Å²) in [5.74, 6) is 3.72. The van der Waals surface area contributed by atoms with E-state index in [1.54, 1.807) is 0 Å². The number of carbonyl (C=O) groups is 1. The van der Waals surface area contributed by atoms with Crippen LogP contribution in [-0.4, -0.2) is 32.8 Å². The highest BCUT2D eigenvalue weighted by atomic mass is 28.3. The Labute approximate surface area is 193 Å². The van der Waals surface area contributed by atoms with Gasteiger partial charge in [0.25, 0.3) is 0 Å². The Morgan fingerprint density at radius 1 is 0.969 bits per heavy atom. The molecule has 0 aromatic heterocycles. The summed E-state index contributed by atoms with van der Waals surface area (Å²) in [6.07, 6.45) is 1.25. The van der Waals surface area contributed by atoms with Gasteiger partial charge >= 0.3 is 5.97 Å². The molecule has 0 saturated carbocycles. The molecule has 1 atom stereocenters. The lowest BCUT2D eigenvalue weighted by Gasteiger charge is -2.34. The van der Waals surface area contributed by atoms with Crippen molar-refractivity contribution in [3.05, 3.63) is 64.6 Å². The van der Waals surface area contributed by atoms with Crippen molar-refractivity contribution < 1.29 is 14.6 Å². The molecule has 0 amide bonds. The number of carbonyl (C=O) groups excluding carboxylic acids is 1. The summed E-state index contributed by atoms with van der Waals surface area (Å²) in [6, 6.07) is 14.5. The molecular formula is C27H32O3Si2. The molecule has 2 aliphatic rings. The van der Waals surface area contributed by atoms with Gasteiger partial charge in [0.2, 0.25) is 0 Å². The monoisotopic (exact) mass is 460 g/mol. The summed E-state index contributed by atoms with van der Waals surface area (Å²) >= 11 is 0. The van der Waals surface area contributed by atoms with Crippen molar-refractivity contribution in [2.75, 3.05) is 0 Å². The third-order valence-corrected chi connectivity index (χ3v) is 8.92. The molecule has 0 spiro atoms. The molecule has 32 heavy (non-hydrogen) atoms. The molecule has 2 aromatic carbocycles. The van der Waals surface area contributed by atoms with Gasteiger partial charge in [-0.2, -0.15) is 0 Å². The highest BCUT2D eigenvalue weighted by Crippen LogP contribution is 2.48. The summed E-state index contributed by atoms with van der Waals surface area (Å²) in [7, 11) is -3.50. The highest BCUT2D eigenvalue weighted by molar-refractivity contribution is 6.87. The smallest absolute Gasteiger partial charge is 0.335 e. The van der Waals surface area contributed by atoms with Crippen molar-refractivity contribution >= 4 is 38.5 Å². The van der Waals surface area contributed by atoms with E-state index >= 15 is 0 Å². The molecule has 4 rings (SSSR count). The topological polar surface area (TPSA) is 46.5 Å². The Morgan fingerprint density at radius 3 is 2.28 bits per heavy atom. The standard InChI is InChI=1S/C27H32O3Si2/c1-31(2,3)15-9-14-27(29)17-22(21-13-12-19-10-7-8-11-20(19)16-21)24-23(18-27)25(26(28)30-24)32(4,5)6/h7-8,10-13,16,29H,14,17-18H2,1-6H3/t27-/m1/s1. The van der Waals surface area contributed by atoms with Crippen LogP contribution in [0.2, 0.25) is 39.3 Å². The third-order valence-electron chi connectivity index (χ3n) is 5.99. The summed E-state index contributed by atoms with van der Waals surface area (Å²) < 4.78 is 5.90. The number of benzene rings is 2. The van der Waals surface area contributed by atoms with Crippen LogP contribution in [-0.2, 0) is 9.53 Å². The maximum Gasteiger partial charge on any atom is 0.335 e. The Hall–Kier alpha value is -2.40. The number of hydrogen-bond donors (Lipinski definition) is 1. The van der Waals surface area contributed by atoms with Crippen LogP contribution >= 0.6 is 0 Å². The minimum atomic E-state index is -1.96. The molecule has 1 heterocycles. The van der Waals surface area contributed by atoms with Crippen molar-refractivity contribution in [3.63, 3.8) is 0 Å². The number of fused-ring (bicyclic) bond motifs is 2. The molecule has 0 unspecified atom stereocenters. The molecular weight excluding hydrogens is 428 g/mol. The van der Waals surface area contributed by atoms with Crippen LogP contribution < -0.4 is 0 Å². The summed E-state index contributed by atoms with van der Waals surface area (Å²) in [5, 5.41) is 14.8. The summed E-state index contributed by atoms with van der Waals surface area (Å²) in [4.78, 5) is 12.9. The zero-order valence-electron chi connectivity index (χ0n) is 19.9. The van der Waals surface area contributed by atoms with Crippen molar-refractivity contribution in [3.8, 4) is 11.5 Å². The van der Waals surface area contributed by atoms with Crippen molar-refractivity contribution in [1.29, 1.82) is 0 Å². The van der Waals surface area contributed by atoms with Gasteiger partial charge in [-0.1, -0.05) is 75.7 Å². The average Bonchev–Trinajstić information content (AvgIpc) is 3.01. The first-order chi connectivity index (χ1) is 14.9. The number of hydrogen-bond acceptors (Lipinski definition) is 3. The van der Waals surface area contributed by atoms with E-state index in [2.05, 4.69) is 81.1 Å². The largest absolute Gasteiger partial charge is 0.423 e. The molecule has 0 fully saturated rings. The van der Waals surface area contributed by atoms with E-state index < -0.39 is 21.7 Å². The third kappa shape index (κ3) is 4.54. The second-order valence-electron chi connectivity index (χ2n) is 11.2. The van der Waals surface area contributed by atoms with Crippen LogP contribution in [0.5, 0.6) is 0 Å². The van der Waals surface area contributed by atoms with E-state index in [1.165, 1.54) is 0 Å². The number of ether oxygens (including phenoxy) is 1. The molecule has 1 N–H and O–H groups in total. The van der Waals surface area contributed by atoms with E-state index in [1.807, 2.05) is 12.1 Å². The minimum Gasteiger partial charge on any atom is -0.423 e. The van der Waals surface area contributed by atoms with Gasteiger partial charge in [-0.15, -0.1) is 11.5 Å². The fourth-order valence-corrected chi connectivity index (χ4v) is 7.01. The van der Waals surface area contributed by atoms with E-state index in [-0.39, 0.29) is 5.97 Å². The number of allylic oxidation sites excluding steroid dienone is 1. The van der Waals surface area contributed by atoms with Crippen molar-refractivity contribution in [2.24, 2.45) is 0 Å². The predicted molar refractivity (Wildman–Crippen MR) is 137 cm³/mol. The molecule has 2 aromatic rings. The maximum atomic E-state index is 12.9. The molecule has 0 saturated heterocycles. The van der Waals surface area contributed by atoms with Gasteiger partial charge in [0.1, 0.15) is 13.8 Å². The van der Waals surface area contributed by atoms with Crippen LogP contribution in [0, 0.1) is 11.5 Å². The second kappa shape index (κ2) is 7.88. The first kappa shape index (κ1) is 22.8. The van der Waals surface area contributed by atoms with Crippen LogP contribution in [0.1, 0.15) is 24.8 Å². The van der Waals surface area contributed by atoms with Gasteiger partial charge in [-0.25, -0.2) is 4.79 Å². The Balaban J connectivity index is 1.87. The SMILES string of the molecule is C[Si](C)(C)C#CC[C@]1(O)CC2=C([Si](C)(C)C)C(=O)OC2=C(c2ccc3ccccc3c2)C1. The zero-order valence-corrected chi connectivity index (χ0v) is 21.9. The lowest BCUT2D eigenvalue weighted by atomic mass is 9.77. The van der Waals surface area contributed by atoms with Gasteiger partial charge in [-0.05, 0) is 22.4 Å². The molecule has 5 heteroatoms. The Bertz CT molecular complexity index is 1230. The molecule has 166 valence electrons. The van der Waals surface area contributed by atoms with Crippen LogP contribution in [0.15, 0.2) is 59.0 Å². The van der Waals surface area contributed by atoms with Gasteiger partial charge in [0.15, 0.2) is 0 Å². The van der Waals surface area contributed by atoms with E-state index in [9.17, 15) is 9.90 Å². The van der Waals surface area contributed by atoms with E-state index in [4.69, 9.17) is 4.74 Å². The normalized spacial score (nSPS) is 21.4. The zero-order chi connectivity index (χ0) is 23.3. The van der Waals surface area contributed by atoms with Gasteiger partial charge in [0, 0.05) is 35.6 Å². The quantitative estimate of drug-likeness (QED) is 0.343. The Morgan fingerprint density at radius 2 is 1.62 bits per heavy atom. The summed E-state index contributed by atoms with van der Waals surface area (Å²) in [5.41, 5.74) is 5.20. The maximum absolute atomic E-state index is 12.9. The van der Waals surface area contributed by atoms with Gasteiger partial charge in [-0.3, -0.25) is 0 Å². The number of esters is 1.